The molecule has 0 aliphatic carbocycles. The van der Waals surface area contributed by atoms with Crippen molar-refractivity contribution in [3.8, 4) is 17.2 Å². The average Bonchev–Trinajstić information content (AvgIpc) is 2.27. The Balaban J connectivity index is 2.70. The van der Waals surface area contributed by atoms with Gasteiger partial charge in [0, 0.05) is 0 Å². The Kier molecular flexibility index (Phi) is 4.87. The van der Waals surface area contributed by atoms with E-state index in [1.165, 1.54) is 0 Å². The van der Waals surface area contributed by atoms with Crippen molar-refractivity contribution < 1.29 is 13.9 Å². The second-order valence-electron chi connectivity index (χ2n) is 4.98. The largest absolute Gasteiger partial charge is 0.538 e. The monoisotopic (exact) mass is 252 g/mol. The van der Waals surface area contributed by atoms with Crippen molar-refractivity contribution in [2.45, 2.75) is 26.8 Å². The fraction of sp³-hybridized carbons (Fsp3) is 0.538. The van der Waals surface area contributed by atoms with E-state index in [1.54, 1.807) is 14.2 Å². The lowest BCUT2D eigenvalue weighted by molar-refractivity contribution is 0.343. The van der Waals surface area contributed by atoms with Crippen LogP contribution in [0.1, 0.15) is 20.8 Å². The van der Waals surface area contributed by atoms with Gasteiger partial charge in [-0.25, -0.2) is 0 Å². The zero-order valence-electron chi connectivity index (χ0n) is 11.2. The fourth-order valence-corrected chi connectivity index (χ4v) is 2.09. The first-order valence-electron chi connectivity index (χ1n) is 5.58. The number of rotatable bonds is 5. The van der Waals surface area contributed by atoms with E-state index in [2.05, 4.69) is 20.8 Å². The molecule has 0 bridgehead atoms. The van der Waals surface area contributed by atoms with Gasteiger partial charge in [-0.05, 0) is 23.6 Å². The first kappa shape index (κ1) is 13.9. The summed E-state index contributed by atoms with van der Waals surface area (Å²) >= 11 is 0. The summed E-state index contributed by atoms with van der Waals surface area (Å²) in [6.45, 7) is 6.60. The molecule has 0 N–H and O–H groups in total. The van der Waals surface area contributed by atoms with Crippen LogP contribution in [-0.4, -0.2) is 24.0 Å². The highest BCUT2D eigenvalue weighted by Gasteiger charge is 2.15. The molecule has 4 heteroatoms. The third kappa shape index (κ3) is 4.30. The molecule has 0 unspecified atom stereocenters. The van der Waals surface area contributed by atoms with Gasteiger partial charge in [-0.3, -0.25) is 0 Å². The Morgan fingerprint density at radius 1 is 1.06 bits per heavy atom. The van der Waals surface area contributed by atoms with Crippen LogP contribution in [0.25, 0.3) is 0 Å². The summed E-state index contributed by atoms with van der Waals surface area (Å²) < 4.78 is 16.3. The van der Waals surface area contributed by atoms with Crippen molar-refractivity contribution in [2.24, 2.45) is 5.41 Å². The standard InChI is InChI=1S/C13H20O3Si/c1-13(2,3)9-17-16-11-8-6-7-10(14-4)12(11)15-5/h6-8H,9H2,1-5H3. The molecule has 0 spiro atoms. The minimum atomic E-state index is 0.282. The molecule has 0 saturated carbocycles. The van der Waals surface area contributed by atoms with Crippen LogP contribution in [0, 0.1) is 5.41 Å². The van der Waals surface area contributed by atoms with Crippen LogP contribution < -0.4 is 13.9 Å². The molecule has 94 valence electrons. The van der Waals surface area contributed by atoms with Gasteiger partial charge in [0.05, 0.1) is 14.2 Å². The van der Waals surface area contributed by atoms with Gasteiger partial charge in [-0.2, -0.15) is 0 Å². The Morgan fingerprint density at radius 2 is 1.71 bits per heavy atom. The molecule has 2 radical (unpaired) electrons. The van der Waals surface area contributed by atoms with E-state index >= 15 is 0 Å². The smallest absolute Gasteiger partial charge is 0.311 e. The highest BCUT2D eigenvalue weighted by atomic mass is 28.2. The number of benzene rings is 1. The number of methoxy groups -OCH3 is 2. The summed E-state index contributed by atoms with van der Waals surface area (Å²) in [4.78, 5) is 0. The van der Waals surface area contributed by atoms with Gasteiger partial charge in [0.15, 0.2) is 5.75 Å². The van der Waals surface area contributed by atoms with Crippen molar-refractivity contribution in [1.29, 1.82) is 0 Å². The summed E-state index contributed by atoms with van der Waals surface area (Å²) in [6.07, 6.45) is 0. The van der Waals surface area contributed by atoms with Gasteiger partial charge in [0.1, 0.15) is 5.75 Å². The minimum Gasteiger partial charge on any atom is -0.538 e. The quantitative estimate of drug-likeness (QED) is 0.753. The third-order valence-corrected chi connectivity index (χ3v) is 3.72. The molecular formula is C13H20O3Si. The lowest BCUT2D eigenvalue weighted by Gasteiger charge is -2.18. The summed E-state index contributed by atoms with van der Waals surface area (Å²) in [5, 5.41) is 0. The van der Waals surface area contributed by atoms with Gasteiger partial charge in [-0.15, -0.1) is 0 Å². The van der Waals surface area contributed by atoms with Crippen LogP contribution >= 0.6 is 0 Å². The van der Waals surface area contributed by atoms with Gasteiger partial charge in [0.2, 0.25) is 5.75 Å². The maximum absolute atomic E-state index is 5.77. The van der Waals surface area contributed by atoms with Crippen molar-refractivity contribution >= 4 is 9.76 Å². The predicted molar refractivity (Wildman–Crippen MR) is 70.2 cm³/mol. The predicted octanol–water partition coefficient (Wildman–Crippen LogP) is 3.17. The molecule has 0 saturated heterocycles. The van der Waals surface area contributed by atoms with Crippen LogP contribution in [0.2, 0.25) is 6.04 Å². The van der Waals surface area contributed by atoms with Crippen LogP contribution in [0.3, 0.4) is 0 Å². The van der Waals surface area contributed by atoms with Gasteiger partial charge in [-0.1, -0.05) is 26.8 Å². The van der Waals surface area contributed by atoms with Crippen molar-refractivity contribution in [1.82, 2.24) is 0 Å². The van der Waals surface area contributed by atoms with Crippen LogP contribution in [-0.2, 0) is 0 Å². The number of hydrogen-bond acceptors (Lipinski definition) is 3. The number of ether oxygens (including phenoxy) is 2. The van der Waals surface area contributed by atoms with Crippen molar-refractivity contribution in [2.75, 3.05) is 14.2 Å². The Hall–Kier alpha value is -1.16. The fourth-order valence-electron chi connectivity index (χ4n) is 1.27. The molecule has 1 aromatic rings. The molecule has 1 aromatic carbocycles. The van der Waals surface area contributed by atoms with E-state index in [4.69, 9.17) is 13.9 Å². The normalized spacial score (nSPS) is 11.1. The van der Waals surface area contributed by atoms with E-state index in [-0.39, 0.29) is 5.41 Å². The molecule has 0 aromatic heterocycles. The zero-order valence-corrected chi connectivity index (χ0v) is 12.2. The third-order valence-electron chi connectivity index (χ3n) is 2.15. The van der Waals surface area contributed by atoms with Gasteiger partial charge in [0.25, 0.3) is 0 Å². The second kappa shape index (κ2) is 5.96. The minimum absolute atomic E-state index is 0.282. The van der Waals surface area contributed by atoms with Crippen molar-refractivity contribution in [3.63, 3.8) is 0 Å². The summed E-state index contributed by atoms with van der Waals surface area (Å²) in [6, 6.07) is 6.68. The zero-order chi connectivity index (χ0) is 12.9. The molecule has 3 nitrogen and oxygen atoms in total. The topological polar surface area (TPSA) is 27.7 Å². The first-order chi connectivity index (χ1) is 7.98. The molecule has 0 aliphatic heterocycles. The lowest BCUT2D eigenvalue weighted by Crippen LogP contribution is -2.13. The van der Waals surface area contributed by atoms with Gasteiger partial charge < -0.3 is 13.9 Å². The molecule has 0 atom stereocenters. The SMILES string of the molecule is COc1cccc(O[Si]CC(C)(C)C)c1OC. The van der Waals surface area contributed by atoms with E-state index < -0.39 is 0 Å². The maximum Gasteiger partial charge on any atom is 0.311 e. The first-order valence-corrected chi connectivity index (χ1v) is 6.70. The average molecular weight is 252 g/mol. The highest BCUT2D eigenvalue weighted by molar-refractivity contribution is 6.28. The van der Waals surface area contributed by atoms with Crippen LogP contribution in [0.15, 0.2) is 18.2 Å². The van der Waals surface area contributed by atoms with Crippen molar-refractivity contribution in [3.05, 3.63) is 18.2 Å². The van der Waals surface area contributed by atoms with Crippen LogP contribution in [0.4, 0.5) is 0 Å². The number of hydrogen-bond donors (Lipinski definition) is 0. The molecule has 0 fully saturated rings. The lowest BCUT2D eigenvalue weighted by atomic mass is 10.0. The van der Waals surface area contributed by atoms with Crippen LogP contribution in [0.5, 0.6) is 17.2 Å². The van der Waals surface area contributed by atoms with E-state index in [0.29, 0.717) is 21.3 Å². The summed E-state index contributed by atoms with van der Waals surface area (Å²) in [5.74, 6) is 2.11. The maximum atomic E-state index is 5.77. The molecule has 0 amide bonds. The van der Waals surface area contributed by atoms with E-state index in [0.717, 1.165) is 11.8 Å². The number of para-hydroxylation sites is 1. The van der Waals surface area contributed by atoms with E-state index in [9.17, 15) is 0 Å². The molecule has 0 aliphatic rings. The molecule has 1 rings (SSSR count). The van der Waals surface area contributed by atoms with E-state index in [1.807, 2.05) is 18.2 Å². The highest BCUT2D eigenvalue weighted by Crippen LogP contribution is 2.36. The molecular weight excluding hydrogens is 232 g/mol. The summed E-state index contributed by atoms with van der Waals surface area (Å²) in [5.41, 5.74) is 0.282. The second-order valence-corrected chi connectivity index (χ2v) is 5.82. The molecule has 17 heavy (non-hydrogen) atoms. The Morgan fingerprint density at radius 3 is 2.24 bits per heavy atom. The summed E-state index contributed by atoms with van der Waals surface area (Å²) in [7, 11) is 3.67. The Bertz CT molecular complexity index is 358. The Labute approximate surface area is 106 Å². The molecule has 0 heterocycles. The van der Waals surface area contributed by atoms with Gasteiger partial charge >= 0.3 is 9.76 Å².